The maximum Gasteiger partial charge on any atom is 0.410 e. The first-order valence-corrected chi connectivity index (χ1v) is 7.57. The van der Waals surface area contributed by atoms with Crippen LogP contribution in [-0.4, -0.2) is 53.7 Å². The number of amides is 1. The normalized spacial score (nSPS) is 28.2. The smallest absolute Gasteiger partial charge is 0.410 e. The van der Waals surface area contributed by atoms with E-state index in [9.17, 15) is 4.79 Å². The molecule has 1 aliphatic heterocycles. The number of ether oxygens (including phenoxy) is 1. The van der Waals surface area contributed by atoms with E-state index in [1.54, 1.807) is 0 Å². The Morgan fingerprint density at radius 3 is 2.35 bits per heavy atom. The van der Waals surface area contributed by atoms with Crippen molar-refractivity contribution in [2.24, 2.45) is 5.92 Å². The maximum absolute atomic E-state index is 12.0. The fourth-order valence-electron chi connectivity index (χ4n) is 3.04. The largest absolute Gasteiger partial charge is 0.444 e. The molecule has 0 aromatic rings. The molecule has 0 spiro atoms. The molecule has 1 aliphatic carbocycles. The molecule has 2 fully saturated rings. The van der Waals surface area contributed by atoms with E-state index in [2.05, 4.69) is 10.8 Å². The summed E-state index contributed by atoms with van der Waals surface area (Å²) in [7, 11) is 0. The summed E-state index contributed by atoms with van der Waals surface area (Å²) in [6, 6.07) is 0.608. The molecule has 4 heteroatoms. The number of carbonyl (C=O) groups excluding carboxylic acids is 1. The van der Waals surface area contributed by atoms with Crippen LogP contribution in [-0.2, 0) is 4.74 Å². The number of nitrogens with zero attached hydrogens (tertiary/aromatic N) is 2. The Morgan fingerprint density at radius 1 is 1.20 bits per heavy atom. The van der Waals surface area contributed by atoms with Crippen LogP contribution in [0.3, 0.4) is 0 Å². The Kier molecular flexibility index (Phi) is 4.59. The van der Waals surface area contributed by atoms with E-state index in [0.717, 1.165) is 39.0 Å². The topological polar surface area (TPSA) is 32.8 Å². The van der Waals surface area contributed by atoms with Crippen molar-refractivity contribution in [3.05, 3.63) is 0 Å². The van der Waals surface area contributed by atoms with Crippen molar-refractivity contribution in [3.63, 3.8) is 0 Å². The molecule has 4 nitrogen and oxygen atoms in total. The first-order valence-electron chi connectivity index (χ1n) is 7.57. The van der Waals surface area contributed by atoms with Crippen LogP contribution < -0.4 is 0 Å². The predicted molar refractivity (Wildman–Crippen MR) is 79.3 cm³/mol. The van der Waals surface area contributed by atoms with Crippen LogP contribution in [0, 0.1) is 18.3 Å². The van der Waals surface area contributed by atoms with Crippen molar-refractivity contribution in [2.45, 2.75) is 51.7 Å². The molecule has 1 saturated heterocycles. The summed E-state index contributed by atoms with van der Waals surface area (Å²) in [4.78, 5) is 16.3. The summed E-state index contributed by atoms with van der Waals surface area (Å²) in [5.74, 6) is 3.32. The van der Waals surface area contributed by atoms with Crippen molar-refractivity contribution in [1.82, 2.24) is 9.80 Å². The first-order chi connectivity index (χ1) is 9.39. The SMILES string of the molecule is C#C[C@H]1CC[C@@H](N2CCN(C(=O)OC(C)(C)C)CC2)C1. The van der Waals surface area contributed by atoms with Crippen LogP contribution in [0.5, 0.6) is 0 Å². The van der Waals surface area contributed by atoms with Crippen LogP contribution in [0.4, 0.5) is 4.79 Å². The third-order valence-corrected chi connectivity index (χ3v) is 4.12. The second-order valence-electron chi connectivity index (χ2n) is 6.83. The summed E-state index contributed by atoms with van der Waals surface area (Å²) in [6.07, 6.45) is 8.77. The highest BCUT2D eigenvalue weighted by molar-refractivity contribution is 5.68. The van der Waals surface area contributed by atoms with E-state index in [1.807, 2.05) is 25.7 Å². The van der Waals surface area contributed by atoms with Gasteiger partial charge in [0, 0.05) is 38.1 Å². The first kappa shape index (κ1) is 15.2. The quantitative estimate of drug-likeness (QED) is 0.690. The van der Waals surface area contributed by atoms with Gasteiger partial charge in [0.1, 0.15) is 5.60 Å². The summed E-state index contributed by atoms with van der Waals surface area (Å²) < 4.78 is 5.41. The van der Waals surface area contributed by atoms with E-state index in [1.165, 1.54) is 6.42 Å². The summed E-state index contributed by atoms with van der Waals surface area (Å²) in [5, 5.41) is 0. The zero-order valence-electron chi connectivity index (χ0n) is 12.9. The van der Waals surface area contributed by atoms with E-state index < -0.39 is 5.60 Å². The van der Waals surface area contributed by atoms with E-state index >= 15 is 0 Å². The lowest BCUT2D eigenvalue weighted by Crippen LogP contribution is -2.52. The van der Waals surface area contributed by atoms with E-state index in [0.29, 0.717) is 12.0 Å². The number of hydrogen-bond acceptors (Lipinski definition) is 3. The van der Waals surface area contributed by atoms with Crippen LogP contribution in [0.15, 0.2) is 0 Å². The third-order valence-electron chi connectivity index (χ3n) is 4.12. The van der Waals surface area contributed by atoms with Gasteiger partial charge in [0.05, 0.1) is 0 Å². The van der Waals surface area contributed by atoms with Crippen molar-refractivity contribution in [1.29, 1.82) is 0 Å². The van der Waals surface area contributed by atoms with Gasteiger partial charge >= 0.3 is 6.09 Å². The molecule has 0 N–H and O–H groups in total. The molecule has 0 radical (unpaired) electrons. The Labute approximate surface area is 122 Å². The van der Waals surface area contributed by atoms with Crippen molar-refractivity contribution in [2.75, 3.05) is 26.2 Å². The van der Waals surface area contributed by atoms with Gasteiger partial charge in [-0.05, 0) is 40.0 Å². The molecule has 0 aromatic carbocycles. The van der Waals surface area contributed by atoms with E-state index in [4.69, 9.17) is 11.2 Å². The van der Waals surface area contributed by atoms with Gasteiger partial charge < -0.3 is 9.64 Å². The fraction of sp³-hybridized carbons (Fsp3) is 0.812. The van der Waals surface area contributed by atoms with Gasteiger partial charge in [0.25, 0.3) is 0 Å². The minimum atomic E-state index is -0.417. The fourth-order valence-corrected chi connectivity index (χ4v) is 3.04. The van der Waals surface area contributed by atoms with Gasteiger partial charge in [-0.15, -0.1) is 12.3 Å². The lowest BCUT2D eigenvalue weighted by Gasteiger charge is -2.38. The number of carbonyl (C=O) groups is 1. The van der Waals surface area contributed by atoms with Crippen molar-refractivity contribution >= 4 is 6.09 Å². The molecule has 20 heavy (non-hydrogen) atoms. The molecule has 1 amide bonds. The molecule has 0 unspecified atom stereocenters. The zero-order chi connectivity index (χ0) is 14.8. The number of rotatable bonds is 1. The van der Waals surface area contributed by atoms with Gasteiger partial charge in [-0.1, -0.05) is 0 Å². The summed E-state index contributed by atoms with van der Waals surface area (Å²) in [5.41, 5.74) is -0.417. The van der Waals surface area contributed by atoms with Crippen molar-refractivity contribution in [3.8, 4) is 12.3 Å². The summed E-state index contributed by atoms with van der Waals surface area (Å²) in [6.45, 7) is 9.08. The highest BCUT2D eigenvalue weighted by Gasteiger charge is 2.32. The third kappa shape index (κ3) is 3.89. The second kappa shape index (κ2) is 6.05. The monoisotopic (exact) mass is 278 g/mol. The maximum atomic E-state index is 12.0. The molecule has 2 atom stereocenters. The van der Waals surface area contributed by atoms with Gasteiger partial charge in [0.15, 0.2) is 0 Å². The molecule has 0 aromatic heterocycles. The minimum absolute atomic E-state index is 0.190. The lowest BCUT2D eigenvalue weighted by atomic mass is 10.1. The molecule has 2 rings (SSSR count). The highest BCUT2D eigenvalue weighted by Crippen LogP contribution is 2.29. The molecule has 112 valence electrons. The zero-order valence-corrected chi connectivity index (χ0v) is 12.9. The number of hydrogen-bond donors (Lipinski definition) is 0. The number of piperazine rings is 1. The van der Waals surface area contributed by atoms with Gasteiger partial charge in [-0.2, -0.15) is 0 Å². The molecule has 1 saturated carbocycles. The molecule has 0 bridgehead atoms. The van der Waals surface area contributed by atoms with Crippen LogP contribution >= 0.6 is 0 Å². The highest BCUT2D eigenvalue weighted by atomic mass is 16.6. The Bertz CT molecular complexity index is 386. The Morgan fingerprint density at radius 2 is 1.85 bits per heavy atom. The van der Waals surface area contributed by atoms with E-state index in [-0.39, 0.29) is 6.09 Å². The molecule has 1 heterocycles. The Balaban J connectivity index is 1.78. The second-order valence-corrected chi connectivity index (χ2v) is 6.83. The molecule has 2 aliphatic rings. The summed E-state index contributed by atoms with van der Waals surface area (Å²) >= 11 is 0. The minimum Gasteiger partial charge on any atom is -0.444 e. The Hall–Kier alpha value is -1.21. The number of terminal acetylenes is 1. The van der Waals surface area contributed by atoms with Crippen LogP contribution in [0.2, 0.25) is 0 Å². The average molecular weight is 278 g/mol. The van der Waals surface area contributed by atoms with Crippen molar-refractivity contribution < 1.29 is 9.53 Å². The van der Waals surface area contributed by atoms with Crippen LogP contribution in [0.25, 0.3) is 0 Å². The molecular formula is C16H26N2O2. The van der Waals surface area contributed by atoms with Gasteiger partial charge in [-0.3, -0.25) is 4.90 Å². The van der Waals surface area contributed by atoms with Gasteiger partial charge in [-0.25, -0.2) is 4.79 Å². The van der Waals surface area contributed by atoms with Crippen LogP contribution in [0.1, 0.15) is 40.0 Å². The average Bonchev–Trinajstić information content (AvgIpc) is 2.85. The van der Waals surface area contributed by atoms with Gasteiger partial charge in [0.2, 0.25) is 0 Å². The molecular weight excluding hydrogens is 252 g/mol. The lowest BCUT2D eigenvalue weighted by molar-refractivity contribution is 0.0105. The predicted octanol–water partition coefficient (Wildman–Crippen LogP) is 2.34. The standard InChI is InChI=1S/C16H26N2O2/c1-5-13-6-7-14(12-13)17-8-10-18(11-9-17)15(19)20-16(2,3)4/h1,13-14H,6-12H2,2-4H3/t13-,14+/m0/s1.